The first-order valence-corrected chi connectivity index (χ1v) is 18.8. The number of fused-ring (bicyclic) bond motifs is 3. The van der Waals surface area contributed by atoms with E-state index in [4.69, 9.17) is 13.9 Å². The molecule has 0 bridgehead atoms. The molecule has 17 nitrogen and oxygen atoms in total. The largest absolute Gasteiger partial charge is 0.461 e. The summed E-state index contributed by atoms with van der Waals surface area (Å²) in [5.74, 6) is -2.50. The third-order valence-electron chi connectivity index (χ3n) is 10.5. The number of ether oxygens (including phenoxy) is 2. The molecule has 5 heterocycles. The van der Waals surface area contributed by atoms with Gasteiger partial charge in [0.05, 0.1) is 31.6 Å². The number of carbonyl (C=O) groups excluding carboxylic acids is 6. The fraction of sp³-hybridized carbons (Fsp3) is 0.595. The highest BCUT2D eigenvalue weighted by molar-refractivity contribution is 5.96. The van der Waals surface area contributed by atoms with Crippen LogP contribution in [0, 0.1) is 5.92 Å². The lowest BCUT2D eigenvalue weighted by atomic mass is 10.0. The molecule has 4 aliphatic rings. The number of rotatable bonds is 6. The number of esters is 1. The summed E-state index contributed by atoms with van der Waals surface area (Å²) in [6, 6.07) is 3.00. The van der Waals surface area contributed by atoms with Gasteiger partial charge in [-0.3, -0.25) is 29.8 Å². The topological polar surface area (TPSA) is 205 Å². The minimum atomic E-state index is -1.41. The van der Waals surface area contributed by atoms with Crippen molar-refractivity contribution < 1.29 is 42.7 Å². The fourth-order valence-corrected chi connectivity index (χ4v) is 7.72. The molecule has 0 radical (unpaired) electrons. The van der Waals surface area contributed by atoms with Gasteiger partial charge in [0, 0.05) is 26.1 Å². The third kappa shape index (κ3) is 9.36. The SMILES string of the molecule is C[C@@H]1C[C@H]2C(=O)OC[C@H](NC(=O)[C@H](Cc3ccccc3)NC(=O)Nc3ncco3)C(=O)N3CCC[C@H]3C(=O)N3CCCC[C@H]3COCN[C@@H](C)C(=O)N2C1. The lowest BCUT2D eigenvalue weighted by molar-refractivity contribution is -0.157. The maximum Gasteiger partial charge on any atom is 0.328 e. The minimum Gasteiger partial charge on any atom is -0.461 e. The zero-order valence-electron chi connectivity index (χ0n) is 30.7. The van der Waals surface area contributed by atoms with E-state index in [9.17, 15) is 28.8 Å². The van der Waals surface area contributed by atoms with Crippen molar-refractivity contribution in [2.45, 2.75) is 95.0 Å². The van der Waals surface area contributed by atoms with E-state index in [2.05, 4.69) is 26.3 Å². The number of amides is 6. The van der Waals surface area contributed by atoms with Crippen LogP contribution in [0.1, 0.15) is 57.9 Å². The Labute approximate surface area is 313 Å². The molecule has 0 aliphatic carbocycles. The third-order valence-corrected chi connectivity index (χ3v) is 10.5. The van der Waals surface area contributed by atoms with Crippen molar-refractivity contribution in [1.29, 1.82) is 0 Å². The van der Waals surface area contributed by atoms with E-state index in [1.54, 1.807) is 36.1 Å². The summed E-state index contributed by atoms with van der Waals surface area (Å²) >= 11 is 0. The Kier molecular flexibility index (Phi) is 12.8. The summed E-state index contributed by atoms with van der Waals surface area (Å²) in [6.07, 6.45) is 6.53. The molecule has 292 valence electrons. The smallest absolute Gasteiger partial charge is 0.328 e. The summed E-state index contributed by atoms with van der Waals surface area (Å²) in [6.45, 7) is 4.56. The number of anilines is 1. The van der Waals surface area contributed by atoms with Crippen molar-refractivity contribution in [3.63, 3.8) is 0 Å². The van der Waals surface area contributed by atoms with E-state index in [1.165, 1.54) is 22.3 Å². The molecule has 0 unspecified atom stereocenters. The Hall–Kier alpha value is -5.03. The van der Waals surface area contributed by atoms with Gasteiger partial charge in [-0.25, -0.2) is 14.6 Å². The quantitative estimate of drug-likeness (QED) is 0.307. The summed E-state index contributed by atoms with van der Waals surface area (Å²) in [5.41, 5.74) is 0.727. The number of nitrogens with one attached hydrogen (secondary N) is 4. The monoisotopic (exact) mass is 750 g/mol. The van der Waals surface area contributed by atoms with Gasteiger partial charge in [0.25, 0.3) is 0 Å². The molecular weight excluding hydrogens is 700 g/mol. The van der Waals surface area contributed by atoms with Gasteiger partial charge in [-0.15, -0.1) is 0 Å². The van der Waals surface area contributed by atoms with Crippen LogP contribution in [0.5, 0.6) is 0 Å². The number of piperidine rings is 1. The summed E-state index contributed by atoms with van der Waals surface area (Å²) in [5, 5.41) is 10.9. The molecule has 17 heteroatoms. The second-order valence-corrected chi connectivity index (χ2v) is 14.5. The van der Waals surface area contributed by atoms with E-state index in [0.717, 1.165) is 24.8 Å². The van der Waals surface area contributed by atoms with Gasteiger partial charge in [-0.1, -0.05) is 37.3 Å². The minimum absolute atomic E-state index is 0.0159. The van der Waals surface area contributed by atoms with Gasteiger partial charge in [-0.05, 0) is 56.9 Å². The molecule has 1 aromatic heterocycles. The van der Waals surface area contributed by atoms with Gasteiger partial charge >= 0.3 is 18.0 Å². The van der Waals surface area contributed by atoms with E-state index in [-0.39, 0.29) is 56.1 Å². The van der Waals surface area contributed by atoms with E-state index >= 15 is 0 Å². The number of carbonyl (C=O) groups is 6. The highest BCUT2D eigenvalue weighted by Gasteiger charge is 2.44. The van der Waals surface area contributed by atoms with Gasteiger partial charge in [-0.2, -0.15) is 0 Å². The molecule has 6 amide bonds. The normalized spacial score (nSPS) is 27.9. The molecule has 0 saturated carbocycles. The second kappa shape index (κ2) is 17.9. The predicted octanol–water partition coefficient (Wildman–Crippen LogP) is 1.01. The Bertz CT molecular complexity index is 1640. The average Bonchev–Trinajstić information content (AvgIpc) is 3.96. The summed E-state index contributed by atoms with van der Waals surface area (Å²) in [4.78, 5) is 91.6. The van der Waals surface area contributed by atoms with E-state index in [0.29, 0.717) is 32.4 Å². The summed E-state index contributed by atoms with van der Waals surface area (Å²) in [7, 11) is 0. The Balaban J connectivity index is 1.27. The second-order valence-electron chi connectivity index (χ2n) is 14.5. The Morgan fingerprint density at radius 2 is 1.72 bits per heavy atom. The highest BCUT2D eigenvalue weighted by Crippen LogP contribution is 2.27. The Morgan fingerprint density at radius 1 is 0.926 bits per heavy atom. The first-order chi connectivity index (χ1) is 26.1. The van der Waals surface area contributed by atoms with Crippen molar-refractivity contribution in [2.24, 2.45) is 5.92 Å². The van der Waals surface area contributed by atoms with E-state index in [1.807, 2.05) is 13.0 Å². The molecule has 4 fully saturated rings. The molecule has 4 N–H and O–H groups in total. The van der Waals surface area contributed by atoms with Crippen LogP contribution < -0.4 is 21.3 Å². The molecule has 6 rings (SSSR count). The predicted molar refractivity (Wildman–Crippen MR) is 192 cm³/mol. The Morgan fingerprint density at radius 3 is 2.50 bits per heavy atom. The molecule has 2 aromatic rings. The number of oxazole rings is 1. The number of nitrogens with zero attached hydrogens (tertiary/aromatic N) is 4. The number of benzene rings is 1. The van der Waals surface area contributed by atoms with Crippen molar-refractivity contribution >= 4 is 41.6 Å². The van der Waals surface area contributed by atoms with Crippen LogP contribution in [-0.4, -0.2) is 131 Å². The highest BCUT2D eigenvalue weighted by atomic mass is 16.5. The molecule has 7 atom stereocenters. The number of hydrogen-bond donors (Lipinski definition) is 4. The number of aromatic nitrogens is 1. The first kappa shape index (κ1) is 38.7. The lowest BCUT2D eigenvalue weighted by Crippen LogP contribution is -2.60. The zero-order valence-corrected chi connectivity index (χ0v) is 30.7. The number of cyclic esters (lactones) is 1. The first-order valence-electron chi connectivity index (χ1n) is 18.8. The fourth-order valence-electron chi connectivity index (χ4n) is 7.72. The van der Waals surface area contributed by atoms with Crippen LogP contribution in [0.15, 0.2) is 47.2 Å². The standard InChI is InChI=1S/C37H50N8O9/c1-23-17-30-35(50)54-21-28(40-31(46)27(18-25-9-4-3-5-10-25)41-36(51)42-37-38-13-16-53-37)33(48)44-15-8-12-29(44)34(49)43-14-7-6-11-26(43)20-52-22-39-24(2)32(47)45(30)19-23/h3-5,9-10,13,16,23-24,26-30,39H,6-8,11-12,14-15,17-22H2,1-2H3,(H,40,46)(H2,38,41,42,51)/t23-,24+,26+,27+,28+,29+,30+/m1/s1. The summed E-state index contributed by atoms with van der Waals surface area (Å²) < 4.78 is 16.8. The van der Waals surface area contributed by atoms with Crippen molar-refractivity contribution in [1.82, 2.24) is 35.6 Å². The molecular formula is C37H50N8O9. The average molecular weight is 751 g/mol. The van der Waals surface area contributed by atoms with Gasteiger partial charge < -0.3 is 39.2 Å². The van der Waals surface area contributed by atoms with Crippen LogP contribution in [0.25, 0.3) is 0 Å². The maximum atomic E-state index is 14.5. The van der Waals surface area contributed by atoms with Crippen molar-refractivity contribution in [3.8, 4) is 0 Å². The molecule has 4 saturated heterocycles. The van der Waals surface area contributed by atoms with Crippen LogP contribution in [0.4, 0.5) is 10.8 Å². The van der Waals surface area contributed by atoms with Crippen LogP contribution >= 0.6 is 0 Å². The van der Waals surface area contributed by atoms with Gasteiger partial charge in [0.15, 0.2) is 0 Å². The molecule has 4 aliphatic heterocycles. The molecule has 1 aromatic carbocycles. The van der Waals surface area contributed by atoms with Gasteiger partial charge in [0.2, 0.25) is 23.6 Å². The lowest BCUT2D eigenvalue weighted by Gasteiger charge is -2.39. The van der Waals surface area contributed by atoms with Crippen LogP contribution in [0.3, 0.4) is 0 Å². The number of hydrogen-bond acceptors (Lipinski definition) is 11. The zero-order chi connectivity index (χ0) is 38.2. The van der Waals surface area contributed by atoms with E-state index < -0.39 is 60.6 Å². The van der Waals surface area contributed by atoms with Crippen LogP contribution in [-0.2, 0) is 39.9 Å². The number of urea groups is 1. The molecule has 54 heavy (non-hydrogen) atoms. The van der Waals surface area contributed by atoms with Crippen molar-refractivity contribution in [2.75, 3.05) is 44.9 Å². The molecule has 0 spiro atoms. The van der Waals surface area contributed by atoms with Gasteiger partial charge in [0.1, 0.15) is 37.0 Å². The van der Waals surface area contributed by atoms with Crippen molar-refractivity contribution in [3.05, 3.63) is 48.4 Å². The maximum absolute atomic E-state index is 14.5. The van der Waals surface area contributed by atoms with Crippen LogP contribution in [0.2, 0.25) is 0 Å².